The number of nitrogens with zero attached hydrogens (tertiary/aromatic N) is 3. The number of nitrogens with one attached hydrogen (secondary N) is 1. The Morgan fingerprint density at radius 3 is 2.65 bits per heavy atom. The van der Waals surface area contributed by atoms with Crippen LogP contribution in [0.1, 0.15) is 5.56 Å². The molecule has 1 aromatic carbocycles. The van der Waals surface area contributed by atoms with Gasteiger partial charge in [0.2, 0.25) is 5.95 Å². The second-order valence-electron chi connectivity index (χ2n) is 3.56. The van der Waals surface area contributed by atoms with Crippen molar-refractivity contribution in [3.05, 3.63) is 46.2 Å². The molecule has 2 aromatic rings. The van der Waals surface area contributed by atoms with Crippen molar-refractivity contribution < 1.29 is 8.42 Å². The van der Waals surface area contributed by atoms with Gasteiger partial charge in [-0.25, -0.2) is 23.1 Å². The van der Waals surface area contributed by atoms with E-state index < -0.39 is 10.0 Å². The van der Waals surface area contributed by atoms with E-state index in [2.05, 4.69) is 14.7 Å². The van der Waals surface area contributed by atoms with Crippen molar-refractivity contribution in [2.75, 3.05) is 4.72 Å². The van der Waals surface area contributed by atoms with E-state index in [1.54, 1.807) is 6.07 Å². The second kappa shape index (κ2) is 5.63. The molecule has 0 spiro atoms. The fourth-order valence-corrected chi connectivity index (χ4v) is 2.88. The summed E-state index contributed by atoms with van der Waals surface area (Å²) in [6.45, 7) is 0. The molecule has 9 heteroatoms. The van der Waals surface area contributed by atoms with Gasteiger partial charge in [-0.15, -0.1) is 0 Å². The van der Waals surface area contributed by atoms with Crippen molar-refractivity contribution >= 4 is 39.2 Å². The van der Waals surface area contributed by atoms with E-state index in [4.69, 9.17) is 28.5 Å². The van der Waals surface area contributed by atoms with Gasteiger partial charge in [-0.05, 0) is 24.3 Å². The first-order valence-corrected chi connectivity index (χ1v) is 7.37. The Bertz CT molecular complexity index is 802. The minimum Gasteiger partial charge on any atom is -0.247 e. The predicted octanol–water partition coefficient (Wildman–Crippen LogP) is 2.46. The summed E-state index contributed by atoms with van der Waals surface area (Å²) in [5, 5.41) is 9.22. The zero-order chi connectivity index (χ0) is 14.8. The van der Waals surface area contributed by atoms with Crippen LogP contribution in [0.4, 0.5) is 5.95 Å². The third-order valence-electron chi connectivity index (χ3n) is 2.20. The molecule has 0 aliphatic rings. The summed E-state index contributed by atoms with van der Waals surface area (Å²) in [5.74, 6) is -0.193. The largest absolute Gasteiger partial charge is 0.265 e. The normalized spacial score (nSPS) is 10.8. The van der Waals surface area contributed by atoms with Gasteiger partial charge in [0.25, 0.3) is 10.0 Å². The van der Waals surface area contributed by atoms with Crippen LogP contribution in [0.2, 0.25) is 10.2 Å². The lowest BCUT2D eigenvalue weighted by Crippen LogP contribution is -2.16. The summed E-state index contributed by atoms with van der Waals surface area (Å²) in [7, 11) is -4.04. The van der Waals surface area contributed by atoms with Crippen LogP contribution in [0.3, 0.4) is 0 Å². The first-order chi connectivity index (χ1) is 9.42. The second-order valence-corrected chi connectivity index (χ2v) is 6.04. The van der Waals surface area contributed by atoms with Crippen molar-refractivity contribution in [2.24, 2.45) is 0 Å². The molecule has 0 saturated heterocycles. The number of benzene rings is 1. The van der Waals surface area contributed by atoms with E-state index in [0.29, 0.717) is 0 Å². The van der Waals surface area contributed by atoms with Gasteiger partial charge in [-0.3, -0.25) is 0 Å². The zero-order valence-corrected chi connectivity index (χ0v) is 12.0. The van der Waals surface area contributed by atoms with Crippen LogP contribution in [0, 0.1) is 11.3 Å². The maximum Gasteiger partial charge on any atom is 0.265 e. The zero-order valence-electron chi connectivity index (χ0n) is 9.71. The number of nitriles is 1. The predicted molar refractivity (Wildman–Crippen MR) is 74.0 cm³/mol. The summed E-state index contributed by atoms with van der Waals surface area (Å²) in [6, 6.07) is 7.10. The molecule has 20 heavy (non-hydrogen) atoms. The molecule has 0 aliphatic carbocycles. The molecule has 0 radical (unpaired) electrons. The Balaban J connectivity index is 2.46. The molecule has 102 valence electrons. The summed E-state index contributed by atoms with van der Waals surface area (Å²) >= 11 is 11.4. The molecular weight excluding hydrogens is 323 g/mol. The van der Waals surface area contributed by atoms with E-state index in [0.717, 1.165) is 0 Å². The third-order valence-corrected chi connectivity index (χ3v) is 4.01. The van der Waals surface area contributed by atoms with Gasteiger partial charge in [-0.2, -0.15) is 5.26 Å². The number of rotatable bonds is 3. The maximum atomic E-state index is 12.2. The lowest BCUT2D eigenvalue weighted by molar-refractivity contribution is 0.600. The molecule has 6 nitrogen and oxygen atoms in total. The lowest BCUT2D eigenvalue weighted by atomic mass is 10.2. The Kier molecular flexibility index (Phi) is 4.09. The topological polar surface area (TPSA) is 95.7 Å². The summed E-state index contributed by atoms with van der Waals surface area (Å²) in [4.78, 5) is 7.18. The van der Waals surface area contributed by atoms with Gasteiger partial charge in [0.05, 0.1) is 5.56 Å². The van der Waals surface area contributed by atoms with E-state index in [-0.39, 0.29) is 26.6 Å². The highest BCUT2D eigenvalue weighted by Crippen LogP contribution is 2.22. The molecule has 1 N–H and O–H groups in total. The van der Waals surface area contributed by atoms with Crippen molar-refractivity contribution in [2.45, 2.75) is 4.90 Å². The monoisotopic (exact) mass is 328 g/mol. The summed E-state index contributed by atoms with van der Waals surface area (Å²) in [5.41, 5.74) is -0.0380. The van der Waals surface area contributed by atoms with Crippen molar-refractivity contribution in [1.82, 2.24) is 9.97 Å². The van der Waals surface area contributed by atoms with Crippen LogP contribution in [0.15, 0.2) is 35.4 Å². The van der Waals surface area contributed by atoms with Crippen LogP contribution in [0.5, 0.6) is 0 Å². The maximum absolute atomic E-state index is 12.2. The highest BCUT2D eigenvalue weighted by Gasteiger charge is 2.20. The van der Waals surface area contributed by atoms with Crippen LogP contribution >= 0.6 is 23.2 Å². The highest BCUT2D eigenvalue weighted by atomic mass is 35.5. The average Bonchev–Trinajstić information content (AvgIpc) is 2.38. The first kappa shape index (κ1) is 14.5. The molecule has 0 saturated carbocycles. The fourth-order valence-electron chi connectivity index (χ4n) is 1.37. The van der Waals surface area contributed by atoms with Gasteiger partial charge in [0.1, 0.15) is 16.1 Å². The van der Waals surface area contributed by atoms with Crippen molar-refractivity contribution in [3.63, 3.8) is 0 Å². The number of halogens is 2. The van der Waals surface area contributed by atoms with Crippen LogP contribution in [0.25, 0.3) is 0 Å². The van der Waals surface area contributed by atoms with Gasteiger partial charge in [-0.1, -0.05) is 23.2 Å². The van der Waals surface area contributed by atoms with Crippen LogP contribution < -0.4 is 4.72 Å². The summed E-state index contributed by atoms with van der Waals surface area (Å²) < 4.78 is 26.5. The van der Waals surface area contributed by atoms with E-state index in [1.165, 1.54) is 30.5 Å². The number of hydrogen-bond acceptors (Lipinski definition) is 5. The Hall–Kier alpha value is -1.88. The SMILES string of the molecule is N#Cc1ccc(Cl)cc1S(=O)(=O)Nc1nccc(Cl)n1. The Morgan fingerprint density at radius 1 is 1.25 bits per heavy atom. The molecule has 0 unspecified atom stereocenters. The molecule has 0 aliphatic heterocycles. The van der Waals surface area contributed by atoms with E-state index in [1.807, 2.05) is 0 Å². The van der Waals surface area contributed by atoms with Gasteiger partial charge < -0.3 is 0 Å². The van der Waals surface area contributed by atoms with Crippen LogP contribution in [-0.2, 0) is 10.0 Å². The van der Waals surface area contributed by atoms with Crippen molar-refractivity contribution in [1.29, 1.82) is 5.26 Å². The first-order valence-electron chi connectivity index (χ1n) is 5.13. The number of sulfonamides is 1. The fraction of sp³-hybridized carbons (Fsp3) is 0. The molecule has 2 rings (SSSR count). The van der Waals surface area contributed by atoms with Crippen LogP contribution in [-0.4, -0.2) is 18.4 Å². The summed E-state index contributed by atoms with van der Waals surface area (Å²) in [6.07, 6.45) is 1.30. The quantitative estimate of drug-likeness (QED) is 0.873. The van der Waals surface area contributed by atoms with E-state index >= 15 is 0 Å². The van der Waals surface area contributed by atoms with Gasteiger partial charge in [0, 0.05) is 11.2 Å². The molecule has 0 amide bonds. The third kappa shape index (κ3) is 3.17. The minimum absolute atomic E-state index is 0.0380. The molecule has 0 bridgehead atoms. The standard InChI is InChI=1S/C11H6Cl2N4O2S/c12-8-2-1-7(6-14)9(5-8)20(18,19)17-11-15-4-3-10(13)16-11/h1-5H,(H,15,16,17). The van der Waals surface area contributed by atoms with Crippen molar-refractivity contribution in [3.8, 4) is 6.07 Å². The number of aromatic nitrogens is 2. The Morgan fingerprint density at radius 2 is 2.00 bits per heavy atom. The molecular formula is C11H6Cl2N4O2S. The van der Waals surface area contributed by atoms with Gasteiger partial charge >= 0.3 is 0 Å². The average molecular weight is 329 g/mol. The molecule has 1 heterocycles. The van der Waals surface area contributed by atoms with Gasteiger partial charge in [0.15, 0.2) is 0 Å². The smallest absolute Gasteiger partial charge is 0.247 e. The highest BCUT2D eigenvalue weighted by molar-refractivity contribution is 7.92. The molecule has 1 aromatic heterocycles. The Labute approximate surface area is 125 Å². The number of hydrogen-bond donors (Lipinski definition) is 1. The number of anilines is 1. The lowest BCUT2D eigenvalue weighted by Gasteiger charge is -2.08. The molecule has 0 atom stereocenters. The van der Waals surface area contributed by atoms with E-state index in [9.17, 15) is 8.42 Å². The minimum atomic E-state index is -4.04. The molecule has 0 fully saturated rings.